The second kappa shape index (κ2) is 7.30. The average Bonchev–Trinajstić information content (AvgIpc) is 2.68. The van der Waals surface area contributed by atoms with Crippen molar-refractivity contribution in [3.05, 3.63) is 77.9 Å². The van der Waals surface area contributed by atoms with E-state index in [2.05, 4.69) is 64.4 Å². The summed E-state index contributed by atoms with van der Waals surface area (Å²) in [6.07, 6.45) is 0. The number of hydrogen-bond acceptors (Lipinski definition) is 3. The maximum absolute atomic E-state index is 11.4. The number of rotatable bonds is 4. The van der Waals surface area contributed by atoms with E-state index in [0.29, 0.717) is 0 Å². The molecule has 0 spiro atoms. The highest BCUT2D eigenvalue weighted by molar-refractivity contribution is 5.94. The van der Waals surface area contributed by atoms with Crippen LogP contribution in [0.25, 0.3) is 10.8 Å². The van der Waals surface area contributed by atoms with Gasteiger partial charge in [0.25, 0.3) is 0 Å². The molecular formula is C23H24N2O. The van der Waals surface area contributed by atoms with E-state index in [0.717, 1.165) is 38.3 Å². The van der Waals surface area contributed by atoms with Gasteiger partial charge in [-0.25, -0.2) is 0 Å². The largest absolute Gasteiger partial charge is 0.369 e. The van der Waals surface area contributed by atoms with Crippen LogP contribution in [0.4, 0.5) is 5.69 Å². The fourth-order valence-corrected chi connectivity index (χ4v) is 3.67. The van der Waals surface area contributed by atoms with Crippen LogP contribution < -0.4 is 4.90 Å². The Morgan fingerprint density at radius 1 is 0.846 bits per heavy atom. The normalized spacial score (nSPS) is 15.3. The molecule has 0 aromatic heterocycles. The highest BCUT2D eigenvalue weighted by atomic mass is 16.1. The molecule has 1 aliphatic heterocycles. The minimum Gasteiger partial charge on any atom is -0.369 e. The summed E-state index contributed by atoms with van der Waals surface area (Å²) in [5.41, 5.74) is 3.37. The second-order valence-electron chi connectivity index (χ2n) is 7.05. The van der Waals surface area contributed by atoms with Gasteiger partial charge in [0.2, 0.25) is 0 Å². The number of benzene rings is 3. The Bertz CT molecular complexity index is 909. The van der Waals surface area contributed by atoms with Gasteiger partial charge in [-0.2, -0.15) is 0 Å². The number of anilines is 1. The molecule has 1 fully saturated rings. The van der Waals surface area contributed by atoms with Gasteiger partial charge in [-0.3, -0.25) is 9.69 Å². The van der Waals surface area contributed by atoms with Gasteiger partial charge >= 0.3 is 0 Å². The van der Waals surface area contributed by atoms with Gasteiger partial charge in [-0.05, 0) is 53.6 Å². The van der Waals surface area contributed by atoms with Crippen molar-refractivity contribution in [3.63, 3.8) is 0 Å². The topological polar surface area (TPSA) is 23.6 Å². The molecule has 0 radical (unpaired) electrons. The first-order valence-corrected chi connectivity index (χ1v) is 9.25. The van der Waals surface area contributed by atoms with Gasteiger partial charge in [0.1, 0.15) is 0 Å². The van der Waals surface area contributed by atoms with E-state index in [-0.39, 0.29) is 5.78 Å². The molecule has 4 rings (SSSR count). The number of Topliss-reactive ketones (excluding diaryl/α,β-unsaturated/α-hetero) is 1. The van der Waals surface area contributed by atoms with Crippen molar-refractivity contribution in [2.45, 2.75) is 13.5 Å². The third kappa shape index (κ3) is 3.63. The average molecular weight is 344 g/mol. The molecule has 26 heavy (non-hydrogen) atoms. The van der Waals surface area contributed by atoms with E-state index in [9.17, 15) is 4.79 Å². The molecule has 0 aliphatic carbocycles. The third-order valence-electron chi connectivity index (χ3n) is 5.23. The summed E-state index contributed by atoms with van der Waals surface area (Å²) in [6.45, 7) is 6.77. The molecule has 1 heterocycles. The van der Waals surface area contributed by atoms with Gasteiger partial charge in [0, 0.05) is 44.0 Å². The van der Waals surface area contributed by atoms with E-state index in [4.69, 9.17) is 0 Å². The molecule has 0 saturated carbocycles. The molecule has 3 heteroatoms. The number of hydrogen-bond donors (Lipinski definition) is 0. The monoisotopic (exact) mass is 344 g/mol. The Morgan fingerprint density at radius 2 is 1.54 bits per heavy atom. The third-order valence-corrected chi connectivity index (χ3v) is 5.23. The lowest BCUT2D eigenvalue weighted by Gasteiger charge is -2.36. The van der Waals surface area contributed by atoms with Gasteiger partial charge in [-0.15, -0.1) is 0 Å². The molecule has 3 aromatic carbocycles. The number of piperazine rings is 1. The van der Waals surface area contributed by atoms with Crippen molar-refractivity contribution < 1.29 is 4.79 Å². The lowest BCUT2D eigenvalue weighted by Crippen LogP contribution is -2.45. The van der Waals surface area contributed by atoms with Crippen LogP contribution in [0.15, 0.2) is 66.7 Å². The number of fused-ring (bicyclic) bond motifs is 1. The second-order valence-corrected chi connectivity index (χ2v) is 7.05. The van der Waals surface area contributed by atoms with Crippen molar-refractivity contribution in [3.8, 4) is 0 Å². The van der Waals surface area contributed by atoms with Crippen molar-refractivity contribution in [2.75, 3.05) is 31.1 Å². The molecule has 0 atom stereocenters. The molecule has 3 nitrogen and oxygen atoms in total. The highest BCUT2D eigenvalue weighted by Crippen LogP contribution is 2.20. The van der Waals surface area contributed by atoms with Crippen molar-refractivity contribution >= 4 is 22.2 Å². The maximum Gasteiger partial charge on any atom is 0.159 e. The number of carbonyl (C=O) groups is 1. The molecule has 1 saturated heterocycles. The Balaban J connectivity index is 1.37. The van der Waals surface area contributed by atoms with Crippen LogP contribution in [0.2, 0.25) is 0 Å². The Kier molecular flexibility index (Phi) is 4.72. The van der Waals surface area contributed by atoms with Crippen LogP contribution >= 0.6 is 0 Å². The van der Waals surface area contributed by atoms with Crippen LogP contribution in [0.3, 0.4) is 0 Å². The zero-order chi connectivity index (χ0) is 17.9. The molecule has 132 valence electrons. The van der Waals surface area contributed by atoms with Crippen molar-refractivity contribution in [1.29, 1.82) is 0 Å². The summed E-state index contributed by atoms with van der Waals surface area (Å²) >= 11 is 0. The summed E-state index contributed by atoms with van der Waals surface area (Å²) < 4.78 is 0. The summed E-state index contributed by atoms with van der Waals surface area (Å²) in [5, 5.41) is 2.62. The molecule has 3 aromatic rings. The SMILES string of the molecule is CC(=O)c1ccc(N2CCN(Cc3ccc4ccccc4c3)CC2)cc1. The molecule has 0 unspecified atom stereocenters. The lowest BCUT2D eigenvalue weighted by molar-refractivity contribution is 0.101. The number of carbonyl (C=O) groups excluding carboxylic acids is 1. The first-order chi connectivity index (χ1) is 12.7. The first-order valence-electron chi connectivity index (χ1n) is 9.25. The summed E-state index contributed by atoms with van der Waals surface area (Å²) in [6, 6.07) is 23.3. The summed E-state index contributed by atoms with van der Waals surface area (Å²) in [5.74, 6) is 0.122. The van der Waals surface area contributed by atoms with E-state index < -0.39 is 0 Å². The Labute approximate surface area is 154 Å². The predicted molar refractivity (Wildman–Crippen MR) is 108 cm³/mol. The van der Waals surface area contributed by atoms with Gasteiger partial charge in [0.15, 0.2) is 5.78 Å². The highest BCUT2D eigenvalue weighted by Gasteiger charge is 2.17. The molecule has 0 amide bonds. The predicted octanol–water partition coefficient (Wildman–Crippen LogP) is 4.36. The van der Waals surface area contributed by atoms with Crippen molar-refractivity contribution in [1.82, 2.24) is 4.90 Å². The minimum atomic E-state index is 0.122. The van der Waals surface area contributed by atoms with Crippen LogP contribution in [-0.2, 0) is 6.54 Å². The fraction of sp³-hybridized carbons (Fsp3) is 0.261. The molecule has 0 N–H and O–H groups in total. The van der Waals surface area contributed by atoms with Gasteiger partial charge < -0.3 is 4.90 Å². The first kappa shape index (κ1) is 16.8. The Morgan fingerprint density at radius 3 is 2.23 bits per heavy atom. The van der Waals surface area contributed by atoms with Crippen LogP contribution in [0, 0.1) is 0 Å². The van der Waals surface area contributed by atoms with E-state index in [1.165, 1.54) is 22.0 Å². The van der Waals surface area contributed by atoms with E-state index in [1.54, 1.807) is 6.92 Å². The zero-order valence-corrected chi connectivity index (χ0v) is 15.2. The number of ketones is 1. The van der Waals surface area contributed by atoms with E-state index in [1.807, 2.05) is 12.1 Å². The quantitative estimate of drug-likeness (QED) is 0.657. The van der Waals surface area contributed by atoms with Gasteiger partial charge in [-0.1, -0.05) is 36.4 Å². The van der Waals surface area contributed by atoms with Crippen LogP contribution in [-0.4, -0.2) is 36.9 Å². The van der Waals surface area contributed by atoms with Crippen molar-refractivity contribution in [2.24, 2.45) is 0 Å². The molecule has 0 bridgehead atoms. The number of nitrogens with zero attached hydrogens (tertiary/aromatic N) is 2. The maximum atomic E-state index is 11.4. The fourth-order valence-electron chi connectivity index (χ4n) is 3.67. The Hall–Kier alpha value is -2.65. The molecular weight excluding hydrogens is 320 g/mol. The summed E-state index contributed by atoms with van der Waals surface area (Å²) in [7, 11) is 0. The summed E-state index contributed by atoms with van der Waals surface area (Å²) in [4.78, 5) is 16.3. The standard InChI is InChI=1S/C23H24N2O/c1-18(26)20-8-10-23(11-9-20)25-14-12-24(13-15-25)17-19-6-7-21-4-2-3-5-22(21)16-19/h2-11,16H,12-15,17H2,1H3. The van der Waals surface area contributed by atoms with E-state index >= 15 is 0 Å². The van der Waals surface area contributed by atoms with Gasteiger partial charge in [0.05, 0.1) is 0 Å². The zero-order valence-electron chi connectivity index (χ0n) is 15.2. The van der Waals surface area contributed by atoms with Crippen LogP contribution in [0.1, 0.15) is 22.8 Å². The lowest BCUT2D eigenvalue weighted by atomic mass is 10.1. The smallest absolute Gasteiger partial charge is 0.159 e. The molecule has 1 aliphatic rings. The minimum absolute atomic E-state index is 0.122. The van der Waals surface area contributed by atoms with Crippen LogP contribution in [0.5, 0.6) is 0 Å².